The van der Waals surface area contributed by atoms with Gasteiger partial charge in [-0.3, -0.25) is 0 Å². The summed E-state index contributed by atoms with van der Waals surface area (Å²) >= 11 is 5.66. The molecule has 1 aromatic carbocycles. The molecule has 1 N–H and O–H groups in total. The predicted molar refractivity (Wildman–Crippen MR) is 47.1 cm³/mol. The van der Waals surface area contributed by atoms with Crippen molar-refractivity contribution in [1.82, 2.24) is 0 Å². The van der Waals surface area contributed by atoms with E-state index in [0.717, 1.165) is 5.56 Å². The van der Waals surface area contributed by atoms with Gasteiger partial charge in [-0.25, -0.2) is 0 Å². The third kappa shape index (κ3) is 2.14. The number of hydrogen-bond donors (Lipinski definition) is 1. The lowest BCUT2D eigenvalue weighted by Gasteiger charge is -1.99. The molecular weight excluding hydrogens is 174 g/mol. The van der Waals surface area contributed by atoms with E-state index in [1.807, 2.05) is 6.07 Å². The van der Waals surface area contributed by atoms with Crippen molar-refractivity contribution in [2.24, 2.45) is 0 Å². The maximum atomic E-state index is 9.07. The normalized spacial score (nSPS) is 9.33. The van der Waals surface area contributed by atoms with E-state index in [0.29, 0.717) is 17.9 Å². The summed E-state index contributed by atoms with van der Waals surface area (Å²) in [6.45, 7) is 0. The van der Waals surface area contributed by atoms with Gasteiger partial charge in [0.25, 0.3) is 0 Å². The van der Waals surface area contributed by atoms with Crippen molar-refractivity contribution in [1.29, 1.82) is 5.26 Å². The largest absolute Gasteiger partial charge is 0.506 e. The zero-order chi connectivity index (χ0) is 8.97. The van der Waals surface area contributed by atoms with Crippen LogP contribution in [0.4, 0.5) is 0 Å². The fraction of sp³-hybridized carbons (Fsp3) is 0.222. The van der Waals surface area contributed by atoms with Crippen LogP contribution in [0.2, 0.25) is 5.02 Å². The average molecular weight is 182 g/mol. The van der Waals surface area contributed by atoms with Gasteiger partial charge < -0.3 is 5.11 Å². The van der Waals surface area contributed by atoms with Crippen LogP contribution in [-0.4, -0.2) is 5.11 Å². The van der Waals surface area contributed by atoms with Gasteiger partial charge in [-0.05, 0) is 24.1 Å². The van der Waals surface area contributed by atoms with Crippen molar-refractivity contribution in [2.75, 3.05) is 0 Å². The van der Waals surface area contributed by atoms with Crippen LogP contribution >= 0.6 is 11.6 Å². The second kappa shape index (κ2) is 3.99. The van der Waals surface area contributed by atoms with Crippen LogP contribution < -0.4 is 0 Å². The van der Waals surface area contributed by atoms with E-state index < -0.39 is 0 Å². The molecule has 0 spiro atoms. The highest BCUT2D eigenvalue weighted by Crippen LogP contribution is 2.23. The van der Waals surface area contributed by atoms with Gasteiger partial charge in [0.15, 0.2) is 0 Å². The number of nitriles is 1. The third-order valence-corrected chi connectivity index (χ3v) is 1.84. The number of nitrogens with zero attached hydrogens (tertiary/aromatic N) is 1. The van der Waals surface area contributed by atoms with Crippen molar-refractivity contribution >= 4 is 11.6 Å². The SMILES string of the molecule is N#CCCc1ccc(O)c(Cl)c1. The highest BCUT2D eigenvalue weighted by Gasteiger charge is 1.98. The minimum Gasteiger partial charge on any atom is -0.506 e. The predicted octanol–water partition coefficient (Wildman–Crippen LogP) is 2.50. The van der Waals surface area contributed by atoms with Crippen molar-refractivity contribution < 1.29 is 5.11 Å². The molecule has 0 amide bonds. The lowest BCUT2D eigenvalue weighted by Crippen LogP contribution is -1.82. The van der Waals surface area contributed by atoms with Gasteiger partial charge in [-0.2, -0.15) is 5.26 Å². The lowest BCUT2D eigenvalue weighted by molar-refractivity contribution is 0.475. The molecule has 0 radical (unpaired) electrons. The molecule has 1 aromatic rings. The Morgan fingerprint density at radius 1 is 1.50 bits per heavy atom. The zero-order valence-corrected chi connectivity index (χ0v) is 7.17. The number of benzene rings is 1. The first-order valence-corrected chi connectivity index (χ1v) is 3.96. The molecule has 0 saturated heterocycles. The molecule has 0 bridgehead atoms. The molecule has 1 rings (SSSR count). The molecule has 0 saturated carbocycles. The molecule has 0 unspecified atom stereocenters. The van der Waals surface area contributed by atoms with Gasteiger partial charge in [0.2, 0.25) is 0 Å². The van der Waals surface area contributed by atoms with Gasteiger partial charge in [-0.15, -0.1) is 0 Å². The van der Waals surface area contributed by atoms with Crippen molar-refractivity contribution in [3.63, 3.8) is 0 Å². The fourth-order valence-corrected chi connectivity index (χ4v) is 1.11. The van der Waals surface area contributed by atoms with Crippen LogP contribution in [0.25, 0.3) is 0 Å². The van der Waals surface area contributed by atoms with Gasteiger partial charge in [0, 0.05) is 6.42 Å². The van der Waals surface area contributed by atoms with Crippen LogP contribution in [0.15, 0.2) is 18.2 Å². The molecule has 0 aliphatic carbocycles. The first-order valence-electron chi connectivity index (χ1n) is 3.58. The molecule has 0 aliphatic rings. The zero-order valence-electron chi connectivity index (χ0n) is 6.42. The Bertz CT molecular complexity index is 317. The third-order valence-electron chi connectivity index (χ3n) is 1.54. The maximum Gasteiger partial charge on any atom is 0.134 e. The molecule has 0 atom stereocenters. The minimum atomic E-state index is 0.0809. The summed E-state index contributed by atoms with van der Waals surface area (Å²) in [5.74, 6) is 0.0809. The van der Waals surface area contributed by atoms with E-state index >= 15 is 0 Å². The Hall–Kier alpha value is -1.20. The molecule has 0 aromatic heterocycles. The van der Waals surface area contributed by atoms with Crippen molar-refractivity contribution in [3.05, 3.63) is 28.8 Å². The molecule has 2 nitrogen and oxygen atoms in total. The number of aromatic hydroxyl groups is 1. The minimum absolute atomic E-state index is 0.0809. The number of halogens is 1. The van der Waals surface area contributed by atoms with Crippen LogP contribution in [0.3, 0.4) is 0 Å². The number of rotatable bonds is 2. The van der Waals surface area contributed by atoms with Crippen molar-refractivity contribution in [3.8, 4) is 11.8 Å². The Labute approximate surface area is 76.0 Å². The molecule has 0 fully saturated rings. The van der Waals surface area contributed by atoms with E-state index in [2.05, 4.69) is 0 Å². The highest BCUT2D eigenvalue weighted by molar-refractivity contribution is 6.32. The molecule has 0 heterocycles. The van der Waals surface area contributed by atoms with E-state index in [1.54, 1.807) is 12.1 Å². The monoisotopic (exact) mass is 181 g/mol. The summed E-state index contributed by atoms with van der Waals surface area (Å²) in [5, 5.41) is 17.7. The molecular formula is C9H8ClNO. The summed E-state index contributed by atoms with van der Waals surface area (Å²) in [6, 6.07) is 7.02. The average Bonchev–Trinajstić information content (AvgIpc) is 2.07. The molecule has 12 heavy (non-hydrogen) atoms. The van der Waals surface area contributed by atoms with E-state index in [1.165, 1.54) is 6.07 Å². The summed E-state index contributed by atoms with van der Waals surface area (Å²) in [5.41, 5.74) is 0.972. The van der Waals surface area contributed by atoms with E-state index in [9.17, 15) is 0 Å². The summed E-state index contributed by atoms with van der Waals surface area (Å²) < 4.78 is 0. The summed E-state index contributed by atoms with van der Waals surface area (Å²) in [7, 11) is 0. The van der Waals surface area contributed by atoms with E-state index in [4.69, 9.17) is 22.0 Å². The van der Waals surface area contributed by atoms with Crippen LogP contribution in [0.1, 0.15) is 12.0 Å². The van der Waals surface area contributed by atoms with E-state index in [-0.39, 0.29) is 5.75 Å². The Morgan fingerprint density at radius 2 is 2.25 bits per heavy atom. The standard InChI is InChI=1S/C9H8ClNO/c10-8-6-7(2-1-5-11)3-4-9(8)12/h3-4,6,12H,1-2H2. The topological polar surface area (TPSA) is 44.0 Å². The summed E-state index contributed by atoms with van der Waals surface area (Å²) in [4.78, 5) is 0. The van der Waals surface area contributed by atoms with Gasteiger partial charge in [0.05, 0.1) is 11.1 Å². The highest BCUT2D eigenvalue weighted by atomic mass is 35.5. The Kier molecular flexibility index (Phi) is 2.95. The first kappa shape index (κ1) is 8.89. The number of aryl methyl sites for hydroxylation is 1. The number of hydrogen-bond acceptors (Lipinski definition) is 2. The van der Waals surface area contributed by atoms with Gasteiger partial charge in [0.1, 0.15) is 5.75 Å². The Morgan fingerprint density at radius 3 is 2.83 bits per heavy atom. The van der Waals surface area contributed by atoms with Crippen LogP contribution in [0.5, 0.6) is 5.75 Å². The number of phenolic OH excluding ortho intramolecular Hbond substituents is 1. The fourth-order valence-electron chi connectivity index (χ4n) is 0.906. The smallest absolute Gasteiger partial charge is 0.134 e. The van der Waals surface area contributed by atoms with Gasteiger partial charge in [-0.1, -0.05) is 17.7 Å². The molecule has 0 aliphatic heterocycles. The van der Waals surface area contributed by atoms with Gasteiger partial charge >= 0.3 is 0 Å². The molecule has 3 heteroatoms. The second-order valence-electron chi connectivity index (χ2n) is 2.44. The molecule has 62 valence electrons. The maximum absolute atomic E-state index is 9.07. The number of phenols is 1. The Balaban J connectivity index is 2.77. The lowest BCUT2D eigenvalue weighted by atomic mass is 10.1. The van der Waals surface area contributed by atoms with Crippen LogP contribution in [-0.2, 0) is 6.42 Å². The summed E-state index contributed by atoms with van der Waals surface area (Å²) in [6.07, 6.45) is 1.15. The van der Waals surface area contributed by atoms with Crippen molar-refractivity contribution in [2.45, 2.75) is 12.8 Å². The van der Waals surface area contributed by atoms with Crippen LogP contribution in [0, 0.1) is 11.3 Å². The second-order valence-corrected chi connectivity index (χ2v) is 2.85. The first-order chi connectivity index (χ1) is 5.74. The quantitative estimate of drug-likeness (QED) is 0.762.